The maximum Gasteiger partial charge on any atom is 0.326 e. The third-order valence-electron chi connectivity index (χ3n) is 6.57. The lowest BCUT2D eigenvalue weighted by Crippen LogP contribution is -2.51. The number of halogens is 1. The largest absolute Gasteiger partial charge is 0.326 e. The summed E-state index contributed by atoms with van der Waals surface area (Å²) < 4.78 is 0.810. The lowest BCUT2D eigenvalue weighted by Gasteiger charge is -2.36. The Morgan fingerprint density at radius 3 is 2.15 bits per heavy atom. The van der Waals surface area contributed by atoms with E-state index >= 15 is 0 Å². The first-order valence-corrected chi connectivity index (χ1v) is 12.7. The second-order valence-corrected chi connectivity index (χ2v) is 10.6. The van der Waals surface area contributed by atoms with Crippen molar-refractivity contribution in [3.63, 3.8) is 0 Å². The number of amides is 3. The number of hydrogen-bond donors (Lipinski definition) is 1. The van der Waals surface area contributed by atoms with E-state index in [4.69, 9.17) is 11.6 Å². The Labute approximate surface area is 208 Å². The average molecular weight is 495 g/mol. The Morgan fingerprint density at radius 1 is 0.853 bits per heavy atom. The van der Waals surface area contributed by atoms with Gasteiger partial charge >= 0.3 is 6.03 Å². The Balaban J connectivity index is 1.29. The number of carbonyl (C=O) groups is 2. The van der Waals surface area contributed by atoms with Crippen LogP contribution in [0.4, 0.5) is 4.79 Å². The summed E-state index contributed by atoms with van der Waals surface area (Å²) in [6.07, 6.45) is 0.413. The van der Waals surface area contributed by atoms with Gasteiger partial charge in [-0.2, -0.15) is 0 Å². The fourth-order valence-electron chi connectivity index (χ4n) is 4.74. The zero-order chi connectivity index (χ0) is 23.5. The van der Waals surface area contributed by atoms with Gasteiger partial charge in [-0.15, -0.1) is 11.3 Å². The van der Waals surface area contributed by atoms with Gasteiger partial charge in [-0.1, -0.05) is 72.3 Å². The highest BCUT2D eigenvalue weighted by atomic mass is 35.5. The smallest absolute Gasteiger partial charge is 0.319 e. The Hall–Kier alpha value is -2.71. The van der Waals surface area contributed by atoms with Crippen molar-refractivity contribution in [2.75, 3.05) is 32.8 Å². The van der Waals surface area contributed by atoms with Gasteiger partial charge in [0.15, 0.2) is 5.54 Å². The van der Waals surface area contributed by atoms with Gasteiger partial charge in [-0.3, -0.25) is 14.6 Å². The third-order valence-corrected chi connectivity index (χ3v) is 7.78. The molecule has 2 aliphatic heterocycles. The number of benzene rings is 2. The second-order valence-electron chi connectivity index (χ2n) is 8.84. The molecule has 1 aromatic heterocycles. The van der Waals surface area contributed by atoms with Crippen LogP contribution in [0.5, 0.6) is 0 Å². The van der Waals surface area contributed by atoms with Crippen LogP contribution < -0.4 is 5.32 Å². The van der Waals surface area contributed by atoms with Crippen molar-refractivity contribution in [2.24, 2.45) is 0 Å². The molecule has 8 heteroatoms. The molecule has 0 aliphatic carbocycles. The zero-order valence-electron chi connectivity index (χ0n) is 18.8. The molecule has 0 saturated carbocycles. The summed E-state index contributed by atoms with van der Waals surface area (Å²) in [5.41, 5.74) is 0.711. The van der Waals surface area contributed by atoms with Gasteiger partial charge in [0.05, 0.1) is 11.0 Å². The molecule has 0 bridgehead atoms. The predicted molar refractivity (Wildman–Crippen MR) is 135 cm³/mol. The van der Waals surface area contributed by atoms with E-state index in [1.807, 2.05) is 66.7 Å². The summed E-state index contributed by atoms with van der Waals surface area (Å²) in [7, 11) is 0. The molecule has 0 radical (unpaired) electrons. The van der Waals surface area contributed by atoms with Crippen LogP contribution >= 0.6 is 22.9 Å². The van der Waals surface area contributed by atoms with Gasteiger partial charge in [0.2, 0.25) is 0 Å². The minimum absolute atomic E-state index is 0.191. The number of hydrogen-bond acceptors (Lipinski definition) is 5. The highest BCUT2D eigenvalue weighted by Gasteiger charge is 2.52. The fraction of sp³-hybridized carbons (Fsp3) is 0.308. The molecule has 2 aliphatic rings. The van der Waals surface area contributed by atoms with Crippen molar-refractivity contribution in [1.29, 1.82) is 0 Å². The molecule has 3 aromatic rings. The van der Waals surface area contributed by atoms with Crippen molar-refractivity contribution >= 4 is 34.9 Å². The minimum atomic E-state index is -1.10. The van der Waals surface area contributed by atoms with Crippen LogP contribution in [-0.2, 0) is 23.3 Å². The first kappa shape index (κ1) is 23.1. The van der Waals surface area contributed by atoms with E-state index in [0.29, 0.717) is 13.1 Å². The summed E-state index contributed by atoms with van der Waals surface area (Å²) in [5.74, 6) is -0.191. The molecule has 5 rings (SSSR count). The highest BCUT2D eigenvalue weighted by molar-refractivity contribution is 7.16. The van der Waals surface area contributed by atoms with Crippen LogP contribution in [-0.4, -0.2) is 59.5 Å². The number of rotatable bonds is 7. The molecule has 3 amide bonds. The predicted octanol–water partition coefficient (Wildman–Crippen LogP) is 4.17. The SMILES string of the molecule is O=C1N[C@@](Cc2ccccc2)(c2ccccc2)C(=O)N1CN1CCN(Cc2ccc(Cl)s2)CC1. The highest BCUT2D eigenvalue weighted by Crippen LogP contribution is 2.33. The molecule has 2 aromatic carbocycles. The summed E-state index contributed by atoms with van der Waals surface area (Å²) in [6.45, 7) is 4.54. The fourth-order valence-corrected chi connectivity index (χ4v) is 5.87. The molecule has 0 unspecified atom stereocenters. The second kappa shape index (κ2) is 9.88. The van der Waals surface area contributed by atoms with Gasteiger partial charge in [-0.05, 0) is 23.3 Å². The van der Waals surface area contributed by atoms with Crippen LogP contribution in [0.25, 0.3) is 0 Å². The Morgan fingerprint density at radius 2 is 1.50 bits per heavy atom. The van der Waals surface area contributed by atoms with Crippen molar-refractivity contribution in [2.45, 2.75) is 18.5 Å². The van der Waals surface area contributed by atoms with E-state index in [-0.39, 0.29) is 11.9 Å². The van der Waals surface area contributed by atoms with E-state index in [0.717, 1.165) is 48.2 Å². The Kier molecular flexibility index (Phi) is 6.70. The molecule has 1 N–H and O–H groups in total. The van der Waals surface area contributed by atoms with Crippen LogP contribution in [0, 0.1) is 0 Å². The Bertz CT molecular complexity index is 1150. The minimum Gasteiger partial charge on any atom is -0.319 e. The van der Waals surface area contributed by atoms with Gasteiger partial charge in [-0.25, -0.2) is 9.69 Å². The average Bonchev–Trinajstić information content (AvgIpc) is 3.37. The summed E-state index contributed by atoms with van der Waals surface area (Å²) in [5, 5.41) is 3.05. The summed E-state index contributed by atoms with van der Waals surface area (Å²) >= 11 is 7.67. The van der Waals surface area contributed by atoms with E-state index in [1.165, 1.54) is 9.78 Å². The van der Waals surface area contributed by atoms with Crippen molar-refractivity contribution in [1.82, 2.24) is 20.0 Å². The number of urea groups is 1. The molecular formula is C26H27ClN4O2S. The van der Waals surface area contributed by atoms with Crippen LogP contribution in [0.3, 0.4) is 0 Å². The van der Waals surface area contributed by atoms with Crippen LogP contribution in [0.15, 0.2) is 72.8 Å². The van der Waals surface area contributed by atoms with Gasteiger partial charge in [0, 0.05) is 44.0 Å². The monoisotopic (exact) mass is 494 g/mol. The molecule has 34 heavy (non-hydrogen) atoms. The summed E-state index contributed by atoms with van der Waals surface area (Å²) in [6, 6.07) is 23.1. The molecule has 176 valence electrons. The van der Waals surface area contributed by atoms with E-state index in [1.54, 1.807) is 11.3 Å². The van der Waals surface area contributed by atoms with Gasteiger partial charge in [0.1, 0.15) is 0 Å². The molecule has 3 heterocycles. The molecule has 0 spiro atoms. The molecule has 2 fully saturated rings. The quantitative estimate of drug-likeness (QED) is 0.501. The van der Waals surface area contributed by atoms with Crippen LogP contribution in [0.2, 0.25) is 4.34 Å². The van der Waals surface area contributed by atoms with E-state index in [2.05, 4.69) is 21.2 Å². The van der Waals surface area contributed by atoms with Crippen LogP contribution in [0.1, 0.15) is 16.0 Å². The maximum atomic E-state index is 13.8. The van der Waals surface area contributed by atoms with Crippen molar-refractivity contribution < 1.29 is 9.59 Å². The van der Waals surface area contributed by atoms with E-state index in [9.17, 15) is 9.59 Å². The number of piperazine rings is 1. The standard InChI is InChI=1S/C26H27ClN4O2S/c27-23-12-11-22(34-23)18-29-13-15-30(16-14-29)19-31-24(32)26(28-25(31)33,21-9-5-2-6-10-21)17-20-7-3-1-4-8-20/h1-12H,13-19H2,(H,28,33)/t26-/m0/s1. The molecular weight excluding hydrogens is 468 g/mol. The molecule has 1 atom stereocenters. The number of nitrogens with zero attached hydrogens (tertiary/aromatic N) is 3. The maximum absolute atomic E-state index is 13.8. The van der Waals surface area contributed by atoms with Gasteiger partial charge in [0.25, 0.3) is 5.91 Å². The number of imide groups is 1. The normalized spacial score (nSPS) is 21.7. The third kappa shape index (κ3) is 4.74. The topological polar surface area (TPSA) is 55.9 Å². The lowest BCUT2D eigenvalue weighted by molar-refractivity contribution is -0.133. The first-order valence-electron chi connectivity index (χ1n) is 11.5. The number of carbonyl (C=O) groups excluding carboxylic acids is 2. The molecule has 6 nitrogen and oxygen atoms in total. The zero-order valence-corrected chi connectivity index (χ0v) is 20.4. The van der Waals surface area contributed by atoms with Gasteiger partial charge < -0.3 is 5.32 Å². The van der Waals surface area contributed by atoms with Crippen molar-refractivity contribution in [3.8, 4) is 0 Å². The van der Waals surface area contributed by atoms with Crippen molar-refractivity contribution in [3.05, 3.63) is 93.1 Å². The summed E-state index contributed by atoms with van der Waals surface area (Å²) in [4.78, 5) is 34.1. The molecule has 2 saturated heterocycles. The first-order chi connectivity index (χ1) is 16.5. The number of nitrogens with one attached hydrogen (secondary N) is 1. The number of thiophene rings is 1. The van der Waals surface area contributed by atoms with E-state index < -0.39 is 5.54 Å². The lowest BCUT2D eigenvalue weighted by atomic mass is 9.83.